The number of carbonyl (C=O) groups is 2. The van der Waals surface area contributed by atoms with Crippen molar-refractivity contribution < 1.29 is 14.7 Å². The topological polar surface area (TPSA) is 79.3 Å². The highest BCUT2D eigenvalue weighted by atomic mass is 16.4. The number of nitrogens with zero attached hydrogens (tertiary/aromatic N) is 1. The van der Waals surface area contributed by atoms with Crippen molar-refractivity contribution in [3.63, 3.8) is 0 Å². The van der Waals surface area contributed by atoms with Crippen LogP contribution in [0.25, 0.3) is 0 Å². The van der Waals surface area contributed by atoms with Crippen LogP contribution in [0.3, 0.4) is 0 Å². The number of amides is 1. The maximum Gasteiger partial charge on any atom is 0.307 e. The minimum absolute atomic E-state index is 0.000480. The fourth-order valence-electron chi connectivity index (χ4n) is 3.56. The van der Waals surface area contributed by atoms with E-state index in [1.54, 1.807) is 12.4 Å². The first kappa shape index (κ1) is 13.8. The summed E-state index contributed by atoms with van der Waals surface area (Å²) in [5.74, 6) is -2.03. The summed E-state index contributed by atoms with van der Waals surface area (Å²) in [6.45, 7) is 1.89. The third-order valence-electron chi connectivity index (χ3n) is 4.61. The number of allylic oxidation sites excluding steroid dienone is 2. The molecule has 4 unspecified atom stereocenters. The molecule has 2 aliphatic carbocycles. The first-order valence-electron chi connectivity index (χ1n) is 7.19. The van der Waals surface area contributed by atoms with Gasteiger partial charge in [-0.15, -0.1) is 0 Å². The Morgan fingerprint density at radius 2 is 1.86 bits per heavy atom. The van der Waals surface area contributed by atoms with Gasteiger partial charge in [-0.05, 0) is 42.9 Å². The van der Waals surface area contributed by atoms with Crippen LogP contribution in [0.4, 0.5) is 0 Å². The summed E-state index contributed by atoms with van der Waals surface area (Å²) in [5, 5.41) is 12.3. The molecule has 0 aliphatic heterocycles. The number of aliphatic carboxylic acids is 1. The average molecular weight is 286 g/mol. The molecule has 1 aromatic rings. The Labute approximate surface area is 123 Å². The minimum atomic E-state index is -0.872. The van der Waals surface area contributed by atoms with Crippen LogP contribution >= 0.6 is 0 Å². The minimum Gasteiger partial charge on any atom is -0.481 e. The van der Waals surface area contributed by atoms with Gasteiger partial charge in [-0.2, -0.15) is 0 Å². The normalized spacial score (nSPS) is 31.1. The van der Waals surface area contributed by atoms with Crippen molar-refractivity contribution in [1.82, 2.24) is 10.3 Å². The van der Waals surface area contributed by atoms with Crippen LogP contribution in [0.2, 0.25) is 0 Å². The lowest BCUT2D eigenvalue weighted by molar-refractivity contribution is -0.148. The number of aromatic nitrogens is 1. The molecule has 1 saturated carbocycles. The molecule has 21 heavy (non-hydrogen) atoms. The summed E-state index contributed by atoms with van der Waals surface area (Å²) < 4.78 is 0. The largest absolute Gasteiger partial charge is 0.481 e. The summed E-state index contributed by atoms with van der Waals surface area (Å²) in [4.78, 5) is 27.9. The molecule has 1 amide bonds. The molecule has 1 heterocycles. The Morgan fingerprint density at radius 1 is 1.24 bits per heavy atom. The van der Waals surface area contributed by atoms with Gasteiger partial charge in [0.05, 0.1) is 17.9 Å². The van der Waals surface area contributed by atoms with Crippen LogP contribution in [0.1, 0.15) is 24.9 Å². The third-order valence-corrected chi connectivity index (χ3v) is 4.61. The molecule has 5 heteroatoms. The molecule has 0 spiro atoms. The van der Waals surface area contributed by atoms with E-state index in [2.05, 4.69) is 10.3 Å². The SMILES string of the molecule is C[C@@H](NC(=O)C1C2C=CC(C2)C1C(=O)O)c1ccncc1. The second-order valence-corrected chi connectivity index (χ2v) is 5.85. The number of hydrogen-bond acceptors (Lipinski definition) is 3. The van der Waals surface area contributed by atoms with E-state index in [9.17, 15) is 14.7 Å². The number of carboxylic acid groups (broad SMARTS) is 1. The fourth-order valence-corrected chi connectivity index (χ4v) is 3.56. The highest BCUT2D eigenvalue weighted by Gasteiger charge is 2.51. The Balaban J connectivity index is 1.73. The van der Waals surface area contributed by atoms with Crippen molar-refractivity contribution in [1.29, 1.82) is 0 Å². The van der Waals surface area contributed by atoms with Crippen molar-refractivity contribution in [2.45, 2.75) is 19.4 Å². The van der Waals surface area contributed by atoms with Crippen LogP contribution in [0.15, 0.2) is 36.7 Å². The number of hydrogen-bond donors (Lipinski definition) is 2. The molecule has 3 rings (SSSR count). The molecule has 1 fully saturated rings. The third kappa shape index (κ3) is 2.44. The van der Waals surface area contributed by atoms with Crippen LogP contribution < -0.4 is 5.32 Å². The molecule has 110 valence electrons. The first-order chi connectivity index (χ1) is 10.1. The lowest BCUT2D eigenvalue weighted by atomic mass is 9.82. The maximum atomic E-state index is 12.5. The Morgan fingerprint density at radius 3 is 2.48 bits per heavy atom. The van der Waals surface area contributed by atoms with E-state index in [0.717, 1.165) is 12.0 Å². The number of pyridine rings is 1. The highest BCUT2D eigenvalue weighted by molar-refractivity contribution is 5.87. The summed E-state index contributed by atoms with van der Waals surface area (Å²) in [5.41, 5.74) is 0.962. The van der Waals surface area contributed by atoms with Gasteiger partial charge in [0.1, 0.15) is 0 Å². The van der Waals surface area contributed by atoms with Gasteiger partial charge >= 0.3 is 5.97 Å². The van der Waals surface area contributed by atoms with Gasteiger partial charge in [-0.1, -0.05) is 12.2 Å². The van der Waals surface area contributed by atoms with Crippen molar-refractivity contribution in [2.75, 3.05) is 0 Å². The standard InChI is InChI=1S/C16H18N2O3/c1-9(10-4-6-17-7-5-10)18-15(19)13-11-2-3-12(8-11)14(13)16(20)21/h2-7,9,11-14H,8H2,1H3,(H,18,19)(H,20,21)/t9-,11?,12?,13?,14?/m1/s1. The summed E-state index contributed by atoms with van der Waals surface area (Å²) in [7, 11) is 0. The molecule has 2 aliphatic rings. The molecule has 5 atom stereocenters. The Kier molecular flexibility index (Phi) is 3.49. The molecule has 1 aromatic heterocycles. The van der Waals surface area contributed by atoms with Gasteiger partial charge in [0.25, 0.3) is 0 Å². The van der Waals surface area contributed by atoms with E-state index in [1.807, 2.05) is 31.2 Å². The number of carbonyl (C=O) groups excluding carboxylic acids is 1. The van der Waals surface area contributed by atoms with Crippen LogP contribution in [0.5, 0.6) is 0 Å². The predicted octanol–water partition coefficient (Wildman–Crippen LogP) is 1.78. The molecule has 0 saturated heterocycles. The maximum absolute atomic E-state index is 12.5. The average Bonchev–Trinajstić information content (AvgIpc) is 3.08. The van der Waals surface area contributed by atoms with E-state index in [0.29, 0.717) is 0 Å². The summed E-state index contributed by atoms with van der Waals surface area (Å²) in [6, 6.07) is 3.54. The van der Waals surface area contributed by atoms with E-state index in [1.165, 1.54) is 0 Å². The molecular weight excluding hydrogens is 268 g/mol. The van der Waals surface area contributed by atoms with Crippen LogP contribution in [-0.4, -0.2) is 22.0 Å². The van der Waals surface area contributed by atoms with Crippen molar-refractivity contribution in [3.05, 3.63) is 42.2 Å². The number of rotatable bonds is 4. The number of fused-ring (bicyclic) bond motifs is 2. The van der Waals surface area contributed by atoms with Gasteiger partial charge in [0, 0.05) is 12.4 Å². The van der Waals surface area contributed by atoms with Gasteiger partial charge in [-0.3, -0.25) is 14.6 Å². The van der Waals surface area contributed by atoms with E-state index in [-0.39, 0.29) is 23.8 Å². The van der Waals surface area contributed by atoms with Crippen molar-refractivity contribution in [3.8, 4) is 0 Å². The second-order valence-electron chi connectivity index (χ2n) is 5.85. The summed E-state index contributed by atoms with van der Waals surface area (Å²) in [6.07, 6.45) is 8.07. The zero-order valence-corrected chi connectivity index (χ0v) is 11.8. The number of carboxylic acids is 1. The van der Waals surface area contributed by atoms with E-state index in [4.69, 9.17) is 0 Å². The Hall–Kier alpha value is -2.17. The van der Waals surface area contributed by atoms with Gasteiger partial charge in [-0.25, -0.2) is 0 Å². The van der Waals surface area contributed by atoms with Crippen molar-refractivity contribution in [2.24, 2.45) is 23.7 Å². The first-order valence-corrected chi connectivity index (χ1v) is 7.19. The highest BCUT2D eigenvalue weighted by Crippen LogP contribution is 2.48. The smallest absolute Gasteiger partial charge is 0.307 e. The van der Waals surface area contributed by atoms with Crippen molar-refractivity contribution >= 4 is 11.9 Å². The van der Waals surface area contributed by atoms with Gasteiger partial charge < -0.3 is 10.4 Å². The molecular formula is C16H18N2O3. The molecule has 2 N–H and O–H groups in total. The van der Waals surface area contributed by atoms with Crippen LogP contribution in [0, 0.1) is 23.7 Å². The Bertz CT molecular complexity index is 584. The summed E-state index contributed by atoms with van der Waals surface area (Å²) >= 11 is 0. The number of nitrogens with one attached hydrogen (secondary N) is 1. The lowest BCUT2D eigenvalue weighted by Crippen LogP contribution is -2.41. The van der Waals surface area contributed by atoms with Gasteiger partial charge in [0.2, 0.25) is 5.91 Å². The monoisotopic (exact) mass is 286 g/mol. The molecule has 0 radical (unpaired) electrons. The molecule has 5 nitrogen and oxygen atoms in total. The van der Waals surface area contributed by atoms with Crippen LogP contribution in [-0.2, 0) is 9.59 Å². The zero-order valence-electron chi connectivity index (χ0n) is 11.8. The lowest BCUT2D eigenvalue weighted by Gasteiger charge is -2.25. The quantitative estimate of drug-likeness (QED) is 0.827. The van der Waals surface area contributed by atoms with E-state index < -0.39 is 17.8 Å². The van der Waals surface area contributed by atoms with E-state index >= 15 is 0 Å². The fraction of sp³-hybridized carbons (Fsp3) is 0.438. The van der Waals surface area contributed by atoms with Gasteiger partial charge in [0.15, 0.2) is 0 Å². The molecule has 0 aromatic carbocycles. The molecule has 2 bridgehead atoms. The zero-order chi connectivity index (χ0) is 15.0. The predicted molar refractivity (Wildman–Crippen MR) is 76.1 cm³/mol. The second kappa shape index (κ2) is 5.31.